The van der Waals surface area contributed by atoms with E-state index in [0.717, 1.165) is 21.9 Å². The van der Waals surface area contributed by atoms with Gasteiger partial charge >= 0.3 is 0 Å². The summed E-state index contributed by atoms with van der Waals surface area (Å²) in [6.45, 7) is 8.08. The molecule has 0 amide bonds. The molecule has 0 atom stereocenters. The van der Waals surface area contributed by atoms with E-state index in [2.05, 4.69) is 24.0 Å². The largest absolute Gasteiger partial charge is 0.486 e. The Morgan fingerprint density at radius 3 is 2.42 bits per heavy atom. The van der Waals surface area contributed by atoms with Crippen molar-refractivity contribution in [3.8, 4) is 5.75 Å². The molecule has 0 N–H and O–H groups in total. The maximum Gasteiger partial charge on any atom is 0.178 e. The highest BCUT2D eigenvalue weighted by atomic mass is 32.1. The highest BCUT2D eigenvalue weighted by molar-refractivity contribution is 7.09. The van der Waals surface area contributed by atoms with Crippen molar-refractivity contribution >= 4 is 17.1 Å². The van der Waals surface area contributed by atoms with E-state index in [1.807, 2.05) is 13.8 Å². The summed E-state index contributed by atoms with van der Waals surface area (Å²) in [5.41, 5.74) is 4.00. The van der Waals surface area contributed by atoms with Crippen LogP contribution in [0.5, 0.6) is 5.75 Å². The number of carbonyl (C=O) groups excluding carboxylic acids is 1. The van der Waals surface area contributed by atoms with Crippen LogP contribution < -0.4 is 4.74 Å². The molecule has 1 aromatic heterocycles. The first-order valence-corrected chi connectivity index (χ1v) is 7.01. The standard InChI is InChI=1S/C15H17NO2S/c1-9-5-10(2)15(11(3)6-9)18-7-14-16-13(8-19-14)12(4)17/h5-6,8H,7H2,1-4H3. The minimum Gasteiger partial charge on any atom is -0.486 e. The van der Waals surface area contributed by atoms with Gasteiger partial charge in [-0.3, -0.25) is 4.79 Å². The van der Waals surface area contributed by atoms with Gasteiger partial charge in [-0.05, 0) is 31.9 Å². The van der Waals surface area contributed by atoms with Gasteiger partial charge in [-0.25, -0.2) is 4.98 Å². The molecular weight excluding hydrogens is 258 g/mol. The summed E-state index contributed by atoms with van der Waals surface area (Å²) in [4.78, 5) is 15.4. The molecule has 1 heterocycles. The highest BCUT2D eigenvalue weighted by Gasteiger charge is 2.09. The Labute approximate surface area is 117 Å². The van der Waals surface area contributed by atoms with Crippen LogP contribution in [-0.4, -0.2) is 10.8 Å². The van der Waals surface area contributed by atoms with Gasteiger partial charge < -0.3 is 4.74 Å². The van der Waals surface area contributed by atoms with Gasteiger partial charge in [0.1, 0.15) is 23.1 Å². The number of hydrogen-bond acceptors (Lipinski definition) is 4. The smallest absolute Gasteiger partial charge is 0.178 e. The molecule has 4 heteroatoms. The van der Waals surface area contributed by atoms with Crippen LogP contribution in [0, 0.1) is 20.8 Å². The number of ketones is 1. The molecule has 2 aromatic rings. The van der Waals surface area contributed by atoms with Crippen LogP contribution in [0.4, 0.5) is 0 Å². The van der Waals surface area contributed by atoms with Crippen LogP contribution in [0.25, 0.3) is 0 Å². The molecule has 3 nitrogen and oxygen atoms in total. The number of nitrogens with zero attached hydrogens (tertiary/aromatic N) is 1. The molecule has 0 radical (unpaired) electrons. The van der Waals surface area contributed by atoms with E-state index in [1.165, 1.54) is 23.8 Å². The van der Waals surface area contributed by atoms with E-state index in [-0.39, 0.29) is 5.78 Å². The predicted octanol–water partition coefficient (Wildman–Crippen LogP) is 3.85. The van der Waals surface area contributed by atoms with E-state index in [9.17, 15) is 4.79 Å². The Morgan fingerprint density at radius 2 is 1.89 bits per heavy atom. The lowest BCUT2D eigenvalue weighted by Crippen LogP contribution is -2.00. The van der Waals surface area contributed by atoms with Crippen molar-refractivity contribution in [3.05, 3.63) is 44.9 Å². The van der Waals surface area contributed by atoms with Crippen LogP contribution >= 0.6 is 11.3 Å². The SMILES string of the molecule is CC(=O)c1csc(COc2c(C)cc(C)cc2C)n1. The van der Waals surface area contributed by atoms with Gasteiger partial charge in [-0.15, -0.1) is 11.3 Å². The summed E-state index contributed by atoms with van der Waals surface area (Å²) in [7, 11) is 0. The Kier molecular flexibility index (Phi) is 4.00. The third-order valence-electron chi connectivity index (χ3n) is 2.86. The van der Waals surface area contributed by atoms with Gasteiger partial charge in [0, 0.05) is 12.3 Å². The summed E-state index contributed by atoms with van der Waals surface area (Å²) >= 11 is 1.46. The first kappa shape index (κ1) is 13.7. The quantitative estimate of drug-likeness (QED) is 0.796. The molecule has 0 saturated carbocycles. The van der Waals surface area contributed by atoms with Gasteiger partial charge in [0.25, 0.3) is 0 Å². The molecule has 0 aliphatic carbocycles. The number of ether oxygens (including phenoxy) is 1. The van der Waals surface area contributed by atoms with Crippen molar-refractivity contribution in [2.24, 2.45) is 0 Å². The van der Waals surface area contributed by atoms with Gasteiger partial charge in [-0.2, -0.15) is 0 Å². The number of thiazole rings is 1. The Morgan fingerprint density at radius 1 is 1.26 bits per heavy atom. The number of aromatic nitrogens is 1. The highest BCUT2D eigenvalue weighted by Crippen LogP contribution is 2.25. The lowest BCUT2D eigenvalue weighted by atomic mass is 10.1. The number of Topliss-reactive ketones (excluding diaryl/α,β-unsaturated/α-hetero) is 1. The van der Waals surface area contributed by atoms with Crippen LogP contribution in [0.3, 0.4) is 0 Å². The van der Waals surface area contributed by atoms with Crippen LogP contribution in [-0.2, 0) is 6.61 Å². The molecule has 100 valence electrons. The second kappa shape index (κ2) is 5.53. The molecule has 0 spiro atoms. The third kappa shape index (κ3) is 3.20. The zero-order valence-corrected chi connectivity index (χ0v) is 12.4. The summed E-state index contributed by atoms with van der Waals surface area (Å²) in [5.74, 6) is 0.898. The zero-order chi connectivity index (χ0) is 14.0. The molecule has 2 rings (SSSR count). The predicted molar refractivity (Wildman–Crippen MR) is 77.1 cm³/mol. The van der Waals surface area contributed by atoms with Gasteiger partial charge in [-0.1, -0.05) is 17.7 Å². The summed E-state index contributed by atoms with van der Waals surface area (Å²) in [6.07, 6.45) is 0. The summed E-state index contributed by atoms with van der Waals surface area (Å²) in [5, 5.41) is 2.60. The monoisotopic (exact) mass is 275 g/mol. The average Bonchev–Trinajstić information content (AvgIpc) is 2.76. The van der Waals surface area contributed by atoms with E-state index in [0.29, 0.717) is 12.3 Å². The van der Waals surface area contributed by atoms with E-state index in [1.54, 1.807) is 5.38 Å². The fraction of sp³-hybridized carbons (Fsp3) is 0.333. The van der Waals surface area contributed by atoms with E-state index in [4.69, 9.17) is 4.74 Å². The van der Waals surface area contributed by atoms with Crippen molar-refractivity contribution in [1.29, 1.82) is 0 Å². The van der Waals surface area contributed by atoms with E-state index < -0.39 is 0 Å². The van der Waals surface area contributed by atoms with Crippen molar-refractivity contribution in [2.45, 2.75) is 34.3 Å². The van der Waals surface area contributed by atoms with Crippen molar-refractivity contribution in [1.82, 2.24) is 4.98 Å². The normalized spacial score (nSPS) is 10.5. The fourth-order valence-corrected chi connectivity index (χ4v) is 2.81. The topological polar surface area (TPSA) is 39.2 Å². The number of rotatable bonds is 4. The minimum absolute atomic E-state index is 0.00908. The fourth-order valence-electron chi connectivity index (χ4n) is 2.07. The first-order chi connectivity index (χ1) is 8.97. The number of carbonyl (C=O) groups is 1. The van der Waals surface area contributed by atoms with Crippen LogP contribution in [0.2, 0.25) is 0 Å². The molecule has 0 saturated heterocycles. The van der Waals surface area contributed by atoms with Crippen LogP contribution in [0.15, 0.2) is 17.5 Å². The van der Waals surface area contributed by atoms with Gasteiger partial charge in [0.05, 0.1) is 0 Å². The molecule has 0 unspecified atom stereocenters. The van der Waals surface area contributed by atoms with Crippen molar-refractivity contribution < 1.29 is 9.53 Å². The van der Waals surface area contributed by atoms with Crippen molar-refractivity contribution in [3.63, 3.8) is 0 Å². The molecule has 0 bridgehead atoms. The number of hydrogen-bond donors (Lipinski definition) is 0. The van der Waals surface area contributed by atoms with Crippen LogP contribution in [0.1, 0.15) is 39.1 Å². The zero-order valence-electron chi connectivity index (χ0n) is 11.6. The maximum atomic E-state index is 11.2. The summed E-state index contributed by atoms with van der Waals surface area (Å²) < 4.78 is 5.84. The van der Waals surface area contributed by atoms with Crippen molar-refractivity contribution in [2.75, 3.05) is 0 Å². The Hall–Kier alpha value is -1.68. The minimum atomic E-state index is -0.00908. The lowest BCUT2D eigenvalue weighted by Gasteiger charge is -2.11. The lowest BCUT2D eigenvalue weighted by molar-refractivity contribution is 0.101. The average molecular weight is 275 g/mol. The summed E-state index contributed by atoms with van der Waals surface area (Å²) in [6, 6.07) is 4.20. The van der Waals surface area contributed by atoms with Gasteiger partial charge in [0.15, 0.2) is 5.78 Å². The molecule has 0 aliphatic heterocycles. The van der Waals surface area contributed by atoms with Gasteiger partial charge in [0.2, 0.25) is 0 Å². The molecule has 0 fully saturated rings. The second-order valence-corrected chi connectivity index (χ2v) is 5.64. The Balaban J connectivity index is 2.12. The first-order valence-electron chi connectivity index (χ1n) is 6.13. The molecule has 19 heavy (non-hydrogen) atoms. The molecule has 0 aliphatic rings. The number of benzene rings is 1. The molecule has 1 aromatic carbocycles. The maximum absolute atomic E-state index is 11.2. The number of aryl methyl sites for hydroxylation is 3. The Bertz CT molecular complexity index is 593. The third-order valence-corrected chi connectivity index (χ3v) is 3.68. The molecular formula is C15H17NO2S. The van der Waals surface area contributed by atoms with E-state index >= 15 is 0 Å². The second-order valence-electron chi connectivity index (χ2n) is 4.70.